The summed E-state index contributed by atoms with van der Waals surface area (Å²) >= 11 is 0. The zero-order valence-electron chi connectivity index (χ0n) is 14.7. The summed E-state index contributed by atoms with van der Waals surface area (Å²) in [4.78, 5) is 12.5. The molecule has 0 aliphatic rings. The molecule has 0 radical (unpaired) electrons. The van der Waals surface area contributed by atoms with Crippen LogP contribution in [0.4, 0.5) is 0 Å². The molecule has 0 aliphatic heterocycles. The smallest absolute Gasteiger partial charge is 0.251 e. The summed E-state index contributed by atoms with van der Waals surface area (Å²) in [6.45, 7) is 3.84. The number of benzene rings is 2. The van der Waals surface area contributed by atoms with Crippen molar-refractivity contribution in [1.82, 2.24) is 5.32 Å². The van der Waals surface area contributed by atoms with Crippen LogP contribution in [-0.2, 0) is 0 Å². The molecule has 0 bridgehead atoms. The van der Waals surface area contributed by atoms with Gasteiger partial charge >= 0.3 is 0 Å². The maximum Gasteiger partial charge on any atom is 0.251 e. The number of ether oxygens (including phenoxy) is 3. The average molecular weight is 329 g/mol. The molecule has 2 rings (SSSR count). The van der Waals surface area contributed by atoms with Gasteiger partial charge in [0.15, 0.2) is 0 Å². The normalized spacial score (nSPS) is 11.5. The van der Waals surface area contributed by atoms with Gasteiger partial charge in [-0.2, -0.15) is 0 Å². The van der Waals surface area contributed by atoms with Gasteiger partial charge in [0.2, 0.25) is 0 Å². The third-order valence-electron chi connectivity index (χ3n) is 3.92. The Morgan fingerprint density at radius 1 is 0.958 bits per heavy atom. The van der Waals surface area contributed by atoms with Gasteiger partial charge in [-0.3, -0.25) is 4.79 Å². The molecular weight excluding hydrogens is 306 g/mol. The van der Waals surface area contributed by atoms with Crippen LogP contribution in [0.1, 0.15) is 34.5 Å². The van der Waals surface area contributed by atoms with Crippen molar-refractivity contribution in [1.29, 1.82) is 0 Å². The first-order chi connectivity index (χ1) is 11.5. The number of hydrogen-bond donors (Lipinski definition) is 1. The van der Waals surface area contributed by atoms with E-state index >= 15 is 0 Å². The number of hydrogen-bond acceptors (Lipinski definition) is 4. The summed E-state index contributed by atoms with van der Waals surface area (Å²) in [5.74, 6) is 1.92. The fourth-order valence-electron chi connectivity index (χ4n) is 2.50. The van der Waals surface area contributed by atoms with Crippen molar-refractivity contribution >= 4 is 5.91 Å². The molecule has 0 unspecified atom stereocenters. The van der Waals surface area contributed by atoms with Crippen LogP contribution in [0, 0.1) is 6.92 Å². The number of carbonyl (C=O) groups is 1. The predicted molar refractivity (Wildman–Crippen MR) is 93.2 cm³/mol. The molecule has 1 N–H and O–H groups in total. The van der Waals surface area contributed by atoms with Crippen LogP contribution < -0.4 is 19.5 Å². The molecule has 0 saturated heterocycles. The molecule has 24 heavy (non-hydrogen) atoms. The molecule has 128 valence electrons. The highest BCUT2D eigenvalue weighted by molar-refractivity contribution is 5.95. The Balaban J connectivity index is 2.23. The summed E-state index contributed by atoms with van der Waals surface area (Å²) in [7, 11) is 4.80. The Bertz CT molecular complexity index is 727. The quantitative estimate of drug-likeness (QED) is 0.881. The maximum absolute atomic E-state index is 12.5. The Hall–Kier alpha value is -2.69. The fourth-order valence-corrected chi connectivity index (χ4v) is 2.50. The van der Waals surface area contributed by atoms with Gasteiger partial charge in [0.1, 0.15) is 17.2 Å². The molecule has 5 nitrogen and oxygen atoms in total. The van der Waals surface area contributed by atoms with Gasteiger partial charge in [-0.1, -0.05) is 6.07 Å². The highest BCUT2D eigenvalue weighted by atomic mass is 16.5. The lowest BCUT2D eigenvalue weighted by Gasteiger charge is -2.18. The lowest BCUT2D eigenvalue weighted by molar-refractivity contribution is 0.0939. The number of carbonyl (C=O) groups excluding carboxylic acids is 1. The van der Waals surface area contributed by atoms with Crippen LogP contribution in [0.5, 0.6) is 17.2 Å². The van der Waals surface area contributed by atoms with Gasteiger partial charge < -0.3 is 19.5 Å². The van der Waals surface area contributed by atoms with E-state index < -0.39 is 0 Å². The molecule has 0 aromatic heterocycles. The second-order valence-corrected chi connectivity index (χ2v) is 5.49. The van der Waals surface area contributed by atoms with Crippen molar-refractivity contribution < 1.29 is 19.0 Å². The molecule has 0 spiro atoms. The van der Waals surface area contributed by atoms with Crippen LogP contribution in [0.3, 0.4) is 0 Å². The van der Waals surface area contributed by atoms with Crippen LogP contribution in [0.25, 0.3) is 0 Å². The Labute approximate surface area is 142 Å². The molecule has 5 heteroatoms. The predicted octanol–water partition coefficient (Wildman–Crippen LogP) is 3.51. The molecular formula is C19H23NO4. The van der Waals surface area contributed by atoms with Crippen LogP contribution >= 0.6 is 0 Å². The van der Waals surface area contributed by atoms with E-state index in [1.54, 1.807) is 33.5 Å². The number of aryl methyl sites for hydroxylation is 1. The van der Waals surface area contributed by atoms with Crippen LogP contribution in [0.2, 0.25) is 0 Å². The van der Waals surface area contributed by atoms with Crippen molar-refractivity contribution in [3.8, 4) is 17.2 Å². The number of amides is 1. The number of methoxy groups -OCH3 is 3. The standard InChI is InChI=1S/C19H23NO4/c1-12-6-7-14(10-18(12)24-5)19(21)20-13(2)16-11-15(22-3)8-9-17(16)23-4/h6-11,13H,1-5H3,(H,20,21)/t13-/m0/s1. The summed E-state index contributed by atoms with van der Waals surface area (Å²) < 4.78 is 15.9. The summed E-state index contributed by atoms with van der Waals surface area (Å²) in [6, 6.07) is 10.6. The van der Waals surface area contributed by atoms with Crippen LogP contribution in [-0.4, -0.2) is 27.2 Å². The first kappa shape index (κ1) is 17.7. The summed E-state index contributed by atoms with van der Waals surface area (Å²) in [5.41, 5.74) is 2.38. The Morgan fingerprint density at radius 3 is 2.29 bits per heavy atom. The fraction of sp³-hybridized carbons (Fsp3) is 0.316. The highest BCUT2D eigenvalue weighted by Gasteiger charge is 2.17. The SMILES string of the molecule is COc1ccc(OC)c([C@H](C)NC(=O)c2ccc(C)c(OC)c2)c1. The summed E-state index contributed by atoms with van der Waals surface area (Å²) in [6.07, 6.45) is 0. The minimum absolute atomic E-state index is 0.175. The molecule has 2 aromatic carbocycles. The molecule has 0 saturated carbocycles. The molecule has 1 amide bonds. The van der Waals surface area contributed by atoms with Crippen molar-refractivity contribution in [3.63, 3.8) is 0 Å². The van der Waals surface area contributed by atoms with Gasteiger partial charge in [-0.05, 0) is 49.7 Å². The zero-order chi connectivity index (χ0) is 17.7. The van der Waals surface area contributed by atoms with Crippen molar-refractivity contribution in [3.05, 3.63) is 53.1 Å². The molecule has 0 fully saturated rings. The third kappa shape index (κ3) is 3.79. The second kappa shape index (κ2) is 7.73. The minimum atomic E-state index is -0.241. The maximum atomic E-state index is 12.5. The third-order valence-corrected chi connectivity index (χ3v) is 3.92. The van der Waals surface area contributed by atoms with Crippen molar-refractivity contribution in [2.24, 2.45) is 0 Å². The monoisotopic (exact) mass is 329 g/mol. The van der Waals surface area contributed by atoms with Gasteiger partial charge in [0.25, 0.3) is 5.91 Å². The Morgan fingerprint density at radius 2 is 1.67 bits per heavy atom. The van der Waals surface area contributed by atoms with E-state index in [1.165, 1.54) is 0 Å². The van der Waals surface area contributed by atoms with E-state index in [9.17, 15) is 4.79 Å². The van der Waals surface area contributed by atoms with Gasteiger partial charge in [0.05, 0.1) is 27.4 Å². The van der Waals surface area contributed by atoms with E-state index in [2.05, 4.69) is 5.32 Å². The van der Waals surface area contributed by atoms with E-state index in [-0.39, 0.29) is 11.9 Å². The van der Waals surface area contributed by atoms with Gasteiger partial charge in [-0.15, -0.1) is 0 Å². The number of rotatable bonds is 6. The van der Waals surface area contributed by atoms with E-state index in [1.807, 2.05) is 38.1 Å². The average Bonchev–Trinajstić information content (AvgIpc) is 2.61. The molecule has 2 aromatic rings. The topological polar surface area (TPSA) is 56.8 Å². The van der Waals surface area contributed by atoms with E-state index in [0.29, 0.717) is 22.8 Å². The molecule has 0 aliphatic carbocycles. The van der Waals surface area contributed by atoms with Gasteiger partial charge in [-0.25, -0.2) is 0 Å². The molecule has 0 heterocycles. The zero-order valence-corrected chi connectivity index (χ0v) is 14.7. The van der Waals surface area contributed by atoms with Crippen LogP contribution in [0.15, 0.2) is 36.4 Å². The second-order valence-electron chi connectivity index (χ2n) is 5.49. The lowest BCUT2D eigenvalue weighted by atomic mass is 10.1. The Kier molecular flexibility index (Phi) is 5.68. The first-order valence-corrected chi connectivity index (χ1v) is 7.67. The highest BCUT2D eigenvalue weighted by Crippen LogP contribution is 2.29. The minimum Gasteiger partial charge on any atom is -0.497 e. The molecule has 1 atom stereocenters. The van der Waals surface area contributed by atoms with Crippen molar-refractivity contribution in [2.45, 2.75) is 19.9 Å². The largest absolute Gasteiger partial charge is 0.497 e. The number of nitrogens with one attached hydrogen (secondary N) is 1. The first-order valence-electron chi connectivity index (χ1n) is 7.67. The van der Waals surface area contributed by atoms with Crippen molar-refractivity contribution in [2.75, 3.05) is 21.3 Å². The van der Waals surface area contributed by atoms with Gasteiger partial charge in [0, 0.05) is 11.1 Å². The van der Waals surface area contributed by atoms with E-state index in [0.717, 1.165) is 11.1 Å². The summed E-state index contributed by atoms with van der Waals surface area (Å²) in [5, 5.41) is 2.98. The van der Waals surface area contributed by atoms with E-state index in [4.69, 9.17) is 14.2 Å². The lowest BCUT2D eigenvalue weighted by Crippen LogP contribution is -2.27.